The Morgan fingerprint density at radius 1 is 1.17 bits per heavy atom. The number of carbonyl (C=O) groups is 1. The monoisotopic (exact) mass is 333 g/mol. The van der Waals surface area contributed by atoms with Crippen molar-refractivity contribution in [1.29, 1.82) is 0 Å². The van der Waals surface area contributed by atoms with Crippen LogP contribution in [0.4, 0.5) is 0 Å². The van der Waals surface area contributed by atoms with Crippen LogP contribution in [-0.4, -0.2) is 31.0 Å². The molecule has 0 unspecified atom stereocenters. The van der Waals surface area contributed by atoms with E-state index in [1.165, 1.54) is 31.4 Å². The number of oxazole rings is 1. The topological polar surface area (TPSA) is 107 Å². The number of ether oxygens (including phenoxy) is 1. The third kappa shape index (κ3) is 2.69. The zero-order valence-corrected chi connectivity index (χ0v) is 12.7. The number of hydrogen-bond donors (Lipinski definition) is 1. The smallest absolute Gasteiger partial charge is 0.340 e. The number of para-hydroxylation sites is 1. The minimum atomic E-state index is -4.44. The minimum Gasteiger partial charge on any atom is -0.465 e. The molecular formula is C15H11NO6S. The zero-order chi connectivity index (χ0) is 16.6. The van der Waals surface area contributed by atoms with Crippen molar-refractivity contribution in [3.8, 4) is 11.5 Å². The van der Waals surface area contributed by atoms with E-state index >= 15 is 0 Å². The van der Waals surface area contributed by atoms with Crippen LogP contribution in [0.15, 0.2) is 51.8 Å². The van der Waals surface area contributed by atoms with Gasteiger partial charge in [0.05, 0.1) is 18.2 Å². The average molecular weight is 333 g/mol. The molecule has 3 rings (SSSR count). The summed E-state index contributed by atoms with van der Waals surface area (Å²) in [6, 6.07) is 10.4. The molecule has 0 fully saturated rings. The van der Waals surface area contributed by atoms with E-state index in [0.29, 0.717) is 5.58 Å². The van der Waals surface area contributed by atoms with Crippen molar-refractivity contribution < 1.29 is 26.9 Å². The van der Waals surface area contributed by atoms with Gasteiger partial charge in [0.25, 0.3) is 10.1 Å². The number of aromatic nitrogens is 1. The van der Waals surface area contributed by atoms with Crippen LogP contribution in [0, 0.1) is 0 Å². The lowest BCUT2D eigenvalue weighted by Crippen LogP contribution is -2.02. The molecule has 1 aromatic heterocycles. The Bertz CT molecular complexity index is 1010. The van der Waals surface area contributed by atoms with E-state index in [4.69, 9.17) is 4.42 Å². The number of carbonyl (C=O) groups excluding carboxylic acids is 1. The maximum atomic E-state index is 11.8. The van der Waals surface area contributed by atoms with Crippen molar-refractivity contribution in [1.82, 2.24) is 4.98 Å². The van der Waals surface area contributed by atoms with Gasteiger partial charge in [-0.05, 0) is 24.3 Å². The third-order valence-corrected chi connectivity index (χ3v) is 4.13. The lowest BCUT2D eigenvalue weighted by molar-refractivity contribution is 0.0602. The van der Waals surface area contributed by atoms with E-state index in [1.54, 1.807) is 18.2 Å². The molecule has 0 atom stereocenters. The maximum Gasteiger partial charge on any atom is 0.340 e. The highest BCUT2D eigenvalue weighted by atomic mass is 32.2. The number of esters is 1. The van der Waals surface area contributed by atoms with Crippen LogP contribution in [-0.2, 0) is 14.9 Å². The van der Waals surface area contributed by atoms with Gasteiger partial charge in [-0.25, -0.2) is 9.78 Å². The second-order valence-corrected chi connectivity index (χ2v) is 6.02. The molecule has 0 aliphatic rings. The number of rotatable bonds is 3. The standard InChI is InChI=1S/C15H11NO6S/c1-21-15(17)10-6-4-7-11-13(10)16-14(22-11)9-5-2-3-8-12(9)23(18,19)20/h2-8H,1H3,(H,18,19,20). The highest BCUT2D eigenvalue weighted by molar-refractivity contribution is 7.86. The van der Waals surface area contributed by atoms with E-state index in [2.05, 4.69) is 9.72 Å². The average Bonchev–Trinajstić information content (AvgIpc) is 2.97. The summed E-state index contributed by atoms with van der Waals surface area (Å²) < 4.78 is 42.5. The molecule has 118 valence electrons. The fourth-order valence-electron chi connectivity index (χ4n) is 2.21. The van der Waals surface area contributed by atoms with Crippen molar-refractivity contribution in [2.24, 2.45) is 0 Å². The lowest BCUT2D eigenvalue weighted by atomic mass is 10.2. The highest BCUT2D eigenvalue weighted by Crippen LogP contribution is 2.30. The van der Waals surface area contributed by atoms with Gasteiger partial charge >= 0.3 is 5.97 Å². The van der Waals surface area contributed by atoms with Gasteiger partial charge < -0.3 is 9.15 Å². The molecule has 1 heterocycles. The van der Waals surface area contributed by atoms with Crippen molar-refractivity contribution in [2.45, 2.75) is 4.90 Å². The first-order valence-electron chi connectivity index (χ1n) is 6.46. The molecule has 2 aromatic carbocycles. The van der Waals surface area contributed by atoms with Crippen molar-refractivity contribution in [3.05, 3.63) is 48.0 Å². The molecule has 0 spiro atoms. The second kappa shape index (κ2) is 5.49. The molecule has 0 aliphatic carbocycles. The summed E-state index contributed by atoms with van der Waals surface area (Å²) >= 11 is 0. The molecule has 3 aromatic rings. The van der Waals surface area contributed by atoms with E-state index in [9.17, 15) is 17.8 Å². The Balaban J connectivity index is 2.26. The van der Waals surface area contributed by atoms with Crippen LogP contribution in [0.5, 0.6) is 0 Å². The molecular weight excluding hydrogens is 322 g/mol. The van der Waals surface area contributed by atoms with Gasteiger partial charge in [0.15, 0.2) is 5.58 Å². The summed E-state index contributed by atoms with van der Waals surface area (Å²) in [5.41, 5.74) is 0.846. The molecule has 0 bridgehead atoms. The summed E-state index contributed by atoms with van der Waals surface area (Å²) in [6.07, 6.45) is 0. The summed E-state index contributed by atoms with van der Waals surface area (Å²) in [4.78, 5) is 15.6. The molecule has 0 aliphatic heterocycles. The predicted octanol–water partition coefficient (Wildman–Crippen LogP) is 2.53. The summed E-state index contributed by atoms with van der Waals surface area (Å²) in [7, 11) is -3.20. The number of benzene rings is 2. The van der Waals surface area contributed by atoms with Gasteiger partial charge in [-0.2, -0.15) is 8.42 Å². The van der Waals surface area contributed by atoms with Crippen LogP contribution in [0.1, 0.15) is 10.4 Å². The van der Waals surface area contributed by atoms with Gasteiger partial charge in [-0.1, -0.05) is 18.2 Å². The molecule has 7 nitrogen and oxygen atoms in total. The number of nitrogens with zero attached hydrogens (tertiary/aromatic N) is 1. The van der Waals surface area contributed by atoms with Gasteiger partial charge in [0, 0.05) is 0 Å². The van der Waals surface area contributed by atoms with Crippen LogP contribution in [0.3, 0.4) is 0 Å². The molecule has 0 saturated heterocycles. The Morgan fingerprint density at radius 2 is 1.91 bits per heavy atom. The molecule has 23 heavy (non-hydrogen) atoms. The van der Waals surface area contributed by atoms with Gasteiger partial charge in [0.1, 0.15) is 10.4 Å². The Hall–Kier alpha value is -2.71. The summed E-state index contributed by atoms with van der Waals surface area (Å²) in [6.45, 7) is 0. The SMILES string of the molecule is COC(=O)c1cccc2oc(-c3ccccc3S(=O)(=O)O)nc12. The largest absolute Gasteiger partial charge is 0.465 e. The fraction of sp³-hybridized carbons (Fsp3) is 0.0667. The predicted molar refractivity (Wildman–Crippen MR) is 80.6 cm³/mol. The first-order chi connectivity index (χ1) is 10.9. The van der Waals surface area contributed by atoms with Gasteiger partial charge in [-0.15, -0.1) is 0 Å². The van der Waals surface area contributed by atoms with Crippen molar-refractivity contribution in [3.63, 3.8) is 0 Å². The van der Waals surface area contributed by atoms with Crippen molar-refractivity contribution >= 4 is 27.2 Å². The Labute approximate surface area is 131 Å². The Morgan fingerprint density at radius 3 is 2.61 bits per heavy atom. The van der Waals surface area contributed by atoms with E-state index < -0.39 is 16.1 Å². The highest BCUT2D eigenvalue weighted by Gasteiger charge is 2.21. The first kappa shape index (κ1) is 15.2. The van der Waals surface area contributed by atoms with Crippen LogP contribution in [0.2, 0.25) is 0 Å². The molecule has 0 saturated carbocycles. The normalized spacial score (nSPS) is 11.6. The third-order valence-electron chi connectivity index (χ3n) is 3.22. The number of methoxy groups -OCH3 is 1. The number of fused-ring (bicyclic) bond motifs is 1. The lowest BCUT2D eigenvalue weighted by Gasteiger charge is -2.02. The van der Waals surface area contributed by atoms with Crippen molar-refractivity contribution in [2.75, 3.05) is 7.11 Å². The van der Waals surface area contributed by atoms with E-state index in [0.717, 1.165) is 0 Å². The molecule has 0 amide bonds. The van der Waals surface area contributed by atoms with Crippen LogP contribution < -0.4 is 0 Å². The quantitative estimate of drug-likeness (QED) is 0.579. The van der Waals surface area contributed by atoms with Gasteiger partial charge in [-0.3, -0.25) is 4.55 Å². The van der Waals surface area contributed by atoms with E-state index in [-0.39, 0.29) is 27.4 Å². The van der Waals surface area contributed by atoms with Crippen LogP contribution in [0.25, 0.3) is 22.6 Å². The minimum absolute atomic E-state index is 0.0235. The number of hydrogen-bond acceptors (Lipinski definition) is 6. The van der Waals surface area contributed by atoms with E-state index in [1.807, 2.05) is 0 Å². The second-order valence-electron chi connectivity index (χ2n) is 4.63. The maximum absolute atomic E-state index is 11.8. The van der Waals surface area contributed by atoms with Gasteiger partial charge in [0.2, 0.25) is 5.89 Å². The molecule has 8 heteroatoms. The van der Waals surface area contributed by atoms with Crippen LogP contribution >= 0.6 is 0 Å². The zero-order valence-electron chi connectivity index (χ0n) is 11.9. The first-order valence-corrected chi connectivity index (χ1v) is 7.90. The molecule has 0 radical (unpaired) electrons. The summed E-state index contributed by atoms with van der Waals surface area (Å²) in [5, 5.41) is 0. The molecule has 1 N–H and O–H groups in total. The summed E-state index contributed by atoms with van der Waals surface area (Å²) in [5.74, 6) is -0.608. The fourth-order valence-corrected chi connectivity index (χ4v) is 2.89. The Kier molecular flexibility index (Phi) is 3.63.